The van der Waals surface area contributed by atoms with Crippen molar-refractivity contribution in [1.29, 1.82) is 0 Å². The molecular formula is C19H23NO2. The number of carbonyl (C=O) groups excluding carboxylic acids is 2. The molecule has 116 valence electrons. The monoisotopic (exact) mass is 297 g/mol. The second-order valence-electron chi connectivity index (χ2n) is 7.88. The molecule has 3 heteroatoms. The van der Waals surface area contributed by atoms with Gasteiger partial charge in [-0.1, -0.05) is 32.1 Å². The van der Waals surface area contributed by atoms with Crippen molar-refractivity contribution in [2.24, 2.45) is 34.3 Å². The molecule has 4 rings (SSSR count). The number of carbonyl (C=O) groups is 2. The third-order valence-corrected chi connectivity index (χ3v) is 7.01. The van der Waals surface area contributed by atoms with Crippen LogP contribution in [0, 0.1) is 28.6 Å². The Balaban J connectivity index is 1.82. The van der Waals surface area contributed by atoms with Gasteiger partial charge in [0.05, 0.1) is 5.70 Å². The topological polar surface area (TPSA) is 60.2 Å². The van der Waals surface area contributed by atoms with Crippen LogP contribution in [0.25, 0.3) is 0 Å². The SMILES string of the molecule is C[C@]12C=CC(=O)C(N)=C1C=C[C@@H]1[C@@H]2CC[C@]2(C)C(=O)CC[C@@H]12. The molecule has 3 nitrogen and oxygen atoms in total. The minimum atomic E-state index is -0.162. The fourth-order valence-electron chi connectivity index (χ4n) is 5.59. The second kappa shape index (κ2) is 4.21. The van der Waals surface area contributed by atoms with Crippen molar-refractivity contribution in [3.63, 3.8) is 0 Å². The summed E-state index contributed by atoms with van der Waals surface area (Å²) in [4.78, 5) is 24.2. The molecule has 0 spiro atoms. The van der Waals surface area contributed by atoms with Crippen LogP contribution < -0.4 is 5.73 Å². The highest BCUT2D eigenvalue weighted by molar-refractivity contribution is 6.05. The fraction of sp³-hybridized carbons (Fsp3) is 0.579. The van der Waals surface area contributed by atoms with Crippen LogP contribution >= 0.6 is 0 Å². The quantitative estimate of drug-likeness (QED) is 0.748. The molecule has 0 aromatic rings. The smallest absolute Gasteiger partial charge is 0.201 e. The highest BCUT2D eigenvalue weighted by Crippen LogP contribution is 2.61. The summed E-state index contributed by atoms with van der Waals surface area (Å²) in [6, 6.07) is 0. The average Bonchev–Trinajstić information content (AvgIpc) is 2.79. The fourth-order valence-corrected chi connectivity index (χ4v) is 5.59. The molecule has 0 heterocycles. The molecule has 4 aliphatic rings. The Labute approximate surface area is 131 Å². The van der Waals surface area contributed by atoms with Crippen molar-refractivity contribution in [2.45, 2.75) is 39.5 Å². The number of allylic oxidation sites excluding steroid dienone is 5. The molecule has 0 saturated heterocycles. The summed E-state index contributed by atoms with van der Waals surface area (Å²) in [5, 5.41) is 0. The van der Waals surface area contributed by atoms with Gasteiger partial charge in [-0.2, -0.15) is 0 Å². The summed E-state index contributed by atoms with van der Waals surface area (Å²) in [6.45, 7) is 4.37. The van der Waals surface area contributed by atoms with Gasteiger partial charge >= 0.3 is 0 Å². The second-order valence-corrected chi connectivity index (χ2v) is 7.88. The predicted molar refractivity (Wildman–Crippen MR) is 84.7 cm³/mol. The number of hydrogen-bond acceptors (Lipinski definition) is 3. The molecule has 0 aromatic carbocycles. The van der Waals surface area contributed by atoms with Crippen molar-refractivity contribution in [1.82, 2.24) is 0 Å². The van der Waals surface area contributed by atoms with E-state index in [1.807, 2.05) is 0 Å². The maximum Gasteiger partial charge on any atom is 0.201 e. The van der Waals surface area contributed by atoms with Gasteiger partial charge in [-0.15, -0.1) is 0 Å². The summed E-state index contributed by atoms with van der Waals surface area (Å²) >= 11 is 0. The number of Topliss-reactive ketones (excluding diaryl/α,β-unsaturated/α-hetero) is 1. The molecule has 5 atom stereocenters. The summed E-state index contributed by atoms with van der Waals surface area (Å²) in [5.74, 6) is 1.68. The van der Waals surface area contributed by atoms with Crippen LogP contribution in [0.4, 0.5) is 0 Å². The third kappa shape index (κ3) is 1.52. The summed E-state index contributed by atoms with van der Waals surface area (Å²) in [5.41, 5.74) is 7.15. The number of hydrogen-bond donors (Lipinski definition) is 1. The number of ketones is 2. The summed E-state index contributed by atoms with van der Waals surface area (Å²) in [7, 11) is 0. The van der Waals surface area contributed by atoms with Gasteiger partial charge in [0.2, 0.25) is 5.78 Å². The summed E-state index contributed by atoms with van der Waals surface area (Å²) in [6.07, 6.45) is 11.7. The normalized spacial score (nSPS) is 46.5. The van der Waals surface area contributed by atoms with Crippen molar-refractivity contribution in [2.75, 3.05) is 0 Å². The van der Waals surface area contributed by atoms with Crippen LogP contribution in [0.15, 0.2) is 35.6 Å². The van der Waals surface area contributed by atoms with Crippen LogP contribution in [0.1, 0.15) is 39.5 Å². The molecule has 0 aromatic heterocycles. The van der Waals surface area contributed by atoms with E-state index in [0.717, 1.165) is 31.3 Å². The Morgan fingerprint density at radius 1 is 1.14 bits per heavy atom. The van der Waals surface area contributed by atoms with E-state index in [-0.39, 0.29) is 16.6 Å². The first kappa shape index (κ1) is 14.0. The van der Waals surface area contributed by atoms with Crippen LogP contribution in [0.3, 0.4) is 0 Å². The van der Waals surface area contributed by atoms with Gasteiger partial charge in [0, 0.05) is 17.3 Å². The number of rotatable bonds is 0. The zero-order valence-electron chi connectivity index (χ0n) is 13.3. The number of fused-ring (bicyclic) bond motifs is 5. The Bertz CT molecular complexity index is 671. The van der Waals surface area contributed by atoms with Crippen LogP contribution in [-0.2, 0) is 9.59 Å². The van der Waals surface area contributed by atoms with Gasteiger partial charge in [-0.3, -0.25) is 9.59 Å². The minimum absolute atomic E-state index is 0.0766. The van der Waals surface area contributed by atoms with Crippen molar-refractivity contribution < 1.29 is 9.59 Å². The molecule has 22 heavy (non-hydrogen) atoms. The van der Waals surface area contributed by atoms with Crippen LogP contribution in [0.5, 0.6) is 0 Å². The van der Waals surface area contributed by atoms with E-state index in [2.05, 4.69) is 32.1 Å². The highest BCUT2D eigenvalue weighted by Gasteiger charge is 2.57. The molecule has 0 radical (unpaired) electrons. The van der Waals surface area contributed by atoms with E-state index in [1.54, 1.807) is 6.08 Å². The van der Waals surface area contributed by atoms with E-state index in [1.165, 1.54) is 0 Å². The van der Waals surface area contributed by atoms with Gasteiger partial charge < -0.3 is 5.73 Å². The Morgan fingerprint density at radius 2 is 1.91 bits per heavy atom. The van der Waals surface area contributed by atoms with E-state index in [9.17, 15) is 9.59 Å². The molecule has 2 fully saturated rings. The predicted octanol–water partition coefficient (Wildman–Crippen LogP) is 2.93. The molecule has 0 aliphatic heterocycles. The maximum atomic E-state index is 12.4. The lowest BCUT2D eigenvalue weighted by Crippen LogP contribution is -2.48. The molecule has 0 amide bonds. The van der Waals surface area contributed by atoms with Gasteiger partial charge in [-0.05, 0) is 48.7 Å². The van der Waals surface area contributed by atoms with E-state index in [0.29, 0.717) is 29.2 Å². The van der Waals surface area contributed by atoms with Gasteiger partial charge in [0.25, 0.3) is 0 Å². The first-order valence-corrected chi connectivity index (χ1v) is 8.33. The van der Waals surface area contributed by atoms with E-state index < -0.39 is 0 Å². The minimum Gasteiger partial charge on any atom is -0.395 e. The van der Waals surface area contributed by atoms with E-state index in [4.69, 9.17) is 5.73 Å². The molecule has 2 saturated carbocycles. The van der Waals surface area contributed by atoms with Gasteiger partial charge in [-0.25, -0.2) is 0 Å². The molecule has 2 N–H and O–H groups in total. The molecule has 0 unspecified atom stereocenters. The maximum absolute atomic E-state index is 12.4. The molecule has 0 bridgehead atoms. The van der Waals surface area contributed by atoms with Crippen molar-refractivity contribution in [3.05, 3.63) is 35.6 Å². The first-order valence-electron chi connectivity index (χ1n) is 8.33. The van der Waals surface area contributed by atoms with Gasteiger partial charge in [0.1, 0.15) is 5.78 Å². The summed E-state index contributed by atoms with van der Waals surface area (Å²) < 4.78 is 0. The lowest BCUT2D eigenvalue weighted by Gasteiger charge is -2.53. The van der Waals surface area contributed by atoms with Crippen molar-refractivity contribution in [3.8, 4) is 0 Å². The third-order valence-electron chi connectivity index (χ3n) is 7.01. The van der Waals surface area contributed by atoms with Crippen LogP contribution in [-0.4, -0.2) is 11.6 Å². The Kier molecular flexibility index (Phi) is 2.68. The van der Waals surface area contributed by atoms with Crippen LogP contribution in [0.2, 0.25) is 0 Å². The largest absolute Gasteiger partial charge is 0.395 e. The standard InChI is InChI=1S/C19H23NO2/c1-18-10-8-15(21)17(20)14(18)4-3-11-12-5-6-16(22)19(12,2)9-7-13(11)18/h3-4,8,10-13H,5-7,9,20H2,1-2H3/t11-,12-,13-,18+,19-/m0/s1. The molecular weight excluding hydrogens is 274 g/mol. The lowest BCUT2D eigenvalue weighted by molar-refractivity contribution is -0.130. The molecule has 4 aliphatic carbocycles. The lowest BCUT2D eigenvalue weighted by atomic mass is 9.50. The van der Waals surface area contributed by atoms with Gasteiger partial charge in [0.15, 0.2) is 0 Å². The zero-order valence-corrected chi connectivity index (χ0v) is 13.3. The number of nitrogens with two attached hydrogens (primary N) is 1. The van der Waals surface area contributed by atoms with E-state index >= 15 is 0 Å². The first-order chi connectivity index (χ1) is 10.4. The Morgan fingerprint density at radius 3 is 2.68 bits per heavy atom. The Hall–Kier alpha value is -1.64. The zero-order chi connectivity index (χ0) is 15.7. The average molecular weight is 297 g/mol. The highest BCUT2D eigenvalue weighted by atomic mass is 16.1. The van der Waals surface area contributed by atoms with Crippen molar-refractivity contribution >= 4 is 11.6 Å².